The molecule has 0 saturated heterocycles. The van der Waals surface area contributed by atoms with E-state index in [1.807, 2.05) is 0 Å². The van der Waals surface area contributed by atoms with E-state index in [4.69, 9.17) is 30.8 Å². The smallest absolute Gasteiger partial charge is 0.135 e. The third-order valence-electron chi connectivity index (χ3n) is 5.94. The van der Waals surface area contributed by atoms with E-state index in [0.29, 0.717) is 0 Å². The predicted molar refractivity (Wildman–Crippen MR) is 149 cm³/mol. The second-order valence-electron chi connectivity index (χ2n) is 7.77. The maximum absolute atomic E-state index is 9.34. The van der Waals surface area contributed by atoms with E-state index in [0.717, 1.165) is 4.57 Å². The number of para-hydroxylation sites is 3. The minimum atomic E-state index is -0.912. The normalized spacial score (nSPS) is 20.3. The molecule has 1 aliphatic rings. The van der Waals surface area contributed by atoms with Gasteiger partial charge < -0.3 is 9.30 Å². The van der Waals surface area contributed by atoms with Gasteiger partial charge in [0.1, 0.15) is 11.5 Å². The molecule has 0 bridgehead atoms. The molecule has 0 radical (unpaired) electrons. The monoisotopic (exact) mass is 480 g/mol. The molecule has 0 fully saturated rings. The van der Waals surface area contributed by atoms with Gasteiger partial charge in [0.25, 0.3) is 0 Å². The minimum Gasteiger partial charge on any atom is -0.456 e. The van der Waals surface area contributed by atoms with Crippen molar-refractivity contribution in [2.24, 2.45) is 0 Å². The molecule has 36 heavy (non-hydrogen) atoms. The van der Waals surface area contributed by atoms with Gasteiger partial charge in [-0.3, -0.25) is 0 Å². The molecule has 168 valence electrons. The Morgan fingerprint density at radius 1 is 0.444 bits per heavy atom. The van der Waals surface area contributed by atoms with Crippen LogP contribution in [0.1, 0.15) is 28.8 Å². The molecule has 2 nitrogen and oxygen atoms in total. The molecule has 0 aliphatic carbocycles. The van der Waals surface area contributed by atoms with Crippen molar-refractivity contribution in [2.45, 2.75) is 0 Å². The van der Waals surface area contributed by atoms with Crippen LogP contribution in [0.5, 0.6) is 11.5 Å². The number of rotatable bonds is 2. The fourth-order valence-electron chi connectivity index (χ4n) is 4.51. The van der Waals surface area contributed by atoms with Crippen LogP contribution in [0.4, 0.5) is 0 Å². The van der Waals surface area contributed by atoms with Crippen LogP contribution in [0.25, 0.3) is 60.5 Å². The number of aromatic nitrogens is 1. The van der Waals surface area contributed by atoms with Gasteiger partial charge in [0.2, 0.25) is 0 Å². The molecule has 0 unspecified atom stereocenters. The van der Waals surface area contributed by atoms with Crippen LogP contribution < -0.4 is 4.74 Å². The van der Waals surface area contributed by atoms with Crippen molar-refractivity contribution >= 4 is 32.6 Å². The van der Waals surface area contributed by atoms with Gasteiger partial charge >= 0.3 is 0 Å². The number of hydrogen-bond donors (Lipinski definition) is 0. The van der Waals surface area contributed by atoms with Crippen molar-refractivity contribution in [1.29, 1.82) is 0 Å². The summed E-state index contributed by atoms with van der Waals surface area (Å²) >= 11 is 0. The zero-order valence-electron chi connectivity index (χ0n) is 38.9. The van der Waals surface area contributed by atoms with Gasteiger partial charge in [0, 0.05) is 27.4 Å². The van der Waals surface area contributed by atoms with Crippen LogP contribution in [0, 0.1) is 0 Å². The Balaban J connectivity index is 1.72. The number of ether oxygens (including phenoxy) is 1. The SMILES string of the molecule is [2H]c1c([2H])c([2H])c(-n2c3c([2H])c([2H])c([2H])c([2H])c3c3c(-c4c([2H])c([2H])c5c6c(c([2H])c([2H])c([2H])c46)-c4c([2H])c([2H])c([2H])c([2H])c4O5)c([2H])c([2H])c([2H])c32)c([2H])c1[2H]. The molecule has 1 aromatic heterocycles. The highest BCUT2D eigenvalue weighted by Crippen LogP contribution is 2.49. The first-order chi connectivity index (χ1) is 26.6. The Morgan fingerprint density at radius 2 is 1.11 bits per heavy atom. The van der Waals surface area contributed by atoms with Gasteiger partial charge in [-0.15, -0.1) is 0 Å². The lowest BCUT2D eigenvalue weighted by molar-refractivity contribution is 0.487. The van der Waals surface area contributed by atoms with Crippen LogP contribution in [-0.4, -0.2) is 4.57 Å². The lowest BCUT2D eigenvalue weighted by Gasteiger charge is -2.22. The van der Waals surface area contributed by atoms with E-state index < -0.39 is 188 Å². The van der Waals surface area contributed by atoms with Crippen LogP contribution in [0.3, 0.4) is 0 Å². The lowest BCUT2D eigenvalue weighted by atomic mass is 9.89. The Hall–Kier alpha value is -4.82. The highest BCUT2D eigenvalue weighted by Gasteiger charge is 2.22. The van der Waals surface area contributed by atoms with Gasteiger partial charge in [-0.05, 0) is 58.3 Å². The van der Waals surface area contributed by atoms with Gasteiger partial charge in [-0.2, -0.15) is 0 Å². The molecular formula is C34H21NO. The van der Waals surface area contributed by atoms with E-state index in [1.54, 1.807) is 0 Å². The van der Waals surface area contributed by atoms with Crippen molar-refractivity contribution in [2.75, 3.05) is 0 Å². The zero-order valence-corrected chi connectivity index (χ0v) is 17.9. The summed E-state index contributed by atoms with van der Waals surface area (Å²) < 4.78 is 191. The minimum absolute atomic E-state index is 0.347. The lowest BCUT2D eigenvalue weighted by Crippen LogP contribution is -1.97. The maximum atomic E-state index is 9.34. The van der Waals surface area contributed by atoms with Crippen molar-refractivity contribution in [3.63, 3.8) is 0 Å². The first-order valence-electron chi connectivity index (χ1n) is 21.1. The summed E-state index contributed by atoms with van der Waals surface area (Å²) in [7, 11) is 0. The van der Waals surface area contributed by atoms with E-state index in [-0.39, 0.29) is 10.9 Å². The molecule has 0 N–H and O–H groups in total. The first-order valence-corrected chi connectivity index (χ1v) is 10.6. The van der Waals surface area contributed by atoms with Crippen LogP contribution >= 0.6 is 0 Å². The van der Waals surface area contributed by atoms with Crippen LogP contribution in [0.2, 0.25) is 0 Å². The molecular weight excluding hydrogens is 438 g/mol. The molecule has 0 spiro atoms. The zero-order chi connectivity index (χ0) is 41.9. The van der Waals surface area contributed by atoms with Gasteiger partial charge in [0.15, 0.2) is 0 Å². The van der Waals surface area contributed by atoms with Gasteiger partial charge in [-0.1, -0.05) is 90.6 Å². The molecule has 8 rings (SSSR count). The summed E-state index contributed by atoms with van der Waals surface area (Å²) in [4.78, 5) is 0. The third-order valence-corrected chi connectivity index (χ3v) is 5.94. The Morgan fingerprint density at radius 3 is 2.03 bits per heavy atom. The van der Waals surface area contributed by atoms with Crippen molar-refractivity contribution in [3.8, 4) is 39.4 Å². The van der Waals surface area contributed by atoms with Crippen LogP contribution in [0.15, 0.2) is 127 Å². The molecule has 2 heterocycles. The van der Waals surface area contributed by atoms with Crippen molar-refractivity contribution < 1.29 is 33.5 Å². The second kappa shape index (κ2) is 7.34. The van der Waals surface area contributed by atoms with E-state index in [2.05, 4.69) is 0 Å². The highest BCUT2D eigenvalue weighted by atomic mass is 16.5. The standard InChI is InChI=1S/C34H21NO/c1-2-10-22(11-3-1)35-29-17-6-4-13-28(29)33-25(16-9-18-30(33)35)23-20-21-32-34-26(23)14-8-15-27(34)24-12-5-7-19-31(24)36-32/h1-21H/i1D,2D,3D,4D,5D,6D,7D,8D,9D,10D,11D,12D,13D,14D,15D,16D,17D,18D,19D,20D,21D. The molecule has 6 aromatic carbocycles. The second-order valence-corrected chi connectivity index (χ2v) is 7.77. The topological polar surface area (TPSA) is 14.2 Å². The average molecular weight is 481 g/mol. The molecule has 0 amide bonds. The summed E-state index contributed by atoms with van der Waals surface area (Å²) in [6, 6.07) is -16.9. The summed E-state index contributed by atoms with van der Waals surface area (Å²) in [5.41, 5.74) is -3.73. The summed E-state index contributed by atoms with van der Waals surface area (Å²) in [6.45, 7) is 0. The number of fused-ring (bicyclic) bond motifs is 5. The van der Waals surface area contributed by atoms with Gasteiger partial charge in [-0.25, -0.2) is 0 Å². The fraction of sp³-hybridized carbons (Fsp3) is 0. The fourth-order valence-corrected chi connectivity index (χ4v) is 4.51. The predicted octanol–water partition coefficient (Wildman–Crippen LogP) is 9.38. The van der Waals surface area contributed by atoms with Crippen molar-refractivity contribution in [3.05, 3.63) is 127 Å². The van der Waals surface area contributed by atoms with E-state index >= 15 is 0 Å². The maximum Gasteiger partial charge on any atom is 0.135 e. The average Bonchev–Trinajstić information content (AvgIpc) is 3.53. The summed E-state index contributed by atoms with van der Waals surface area (Å²) in [6.07, 6.45) is 0. The Kier molecular flexibility index (Phi) is 1.65. The van der Waals surface area contributed by atoms with Crippen molar-refractivity contribution in [1.82, 2.24) is 4.57 Å². The molecule has 0 atom stereocenters. The van der Waals surface area contributed by atoms with Crippen LogP contribution in [-0.2, 0) is 0 Å². The highest BCUT2D eigenvalue weighted by molar-refractivity contribution is 6.19. The van der Waals surface area contributed by atoms with E-state index in [9.17, 15) is 2.74 Å². The first kappa shape index (κ1) is 8.11. The number of benzene rings is 6. The largest absolute Gasteiger partial charge is 0.456 e. The number of hydrogen-bond acceptors (Lipinski definition) is 1. The van der Waals surface area contributed by atoms with Gasteiger partial charge in [0.05, 0.1) is 39.8 Å². The number of nitrogens with zero attached hydrogens (tertiary/aromatic N) is 1. The molecule has 2 heteroatoms. The Bertz CT molecular complexity index is 3090. The van der Waals surface area contributed by atoms with E-state index in [1.165, 1.54) is 0 Å². The molecule has 7 aromatic rings. The summed E-state index contributed by atoms with van der Waals surface area (Å²) in [5.74, 6) is -1.06. The molecule has 0 saturated carbocycles. The quantitative estimate of drug-likeness (QED) is 0.240. The molecule has 1 aliphatic heterocycles. The Labute approximate surface area is 238 Å². The third kappa shape index (κ3) is 2.61. The summed E-state index contributed by atoms with van der Waals surface area (Å²) in [5, 5.41) is -1.78.